The molecule has 214 valence electrons. The van der Waals surface area contributed by atoms with Crippen molar-refractivity contribution in [3.63, 3.8) is 0 Å². The quantitative estimate of drug-likeness (QED) is 0.240. The molecule has 0 radical (unpaired) electrons. The molecule has 2 amide bonds. The fraction of sp³-hybridized carbons (Fsp3) is 0.724. The zero-order valence-corrected chi connectivity index (χ0v) is 23.9. The summed E-state index contributed by atoms with van der Waals surface area (Å²) in [6.07, 6.45) is 12.4. The van der Waals surface area contributed by atoms with Crippen molar-refractivity contribution in [1.82, 2.24) is 10.2 Å². The molecule has 0 aromatic heterocycles. The van der Waals surface area contributed by atoms with Crippen LogP contribution in [-0.4, -0.2) is 86.1 Å². The minimum absolute atomic E-state index is 0.00981. The molecule has 0 aliphatic carbocycles. The Morgan fingerprint density at radius 2 is 1.92 bits per heavy atom. The van der Waals surface area contributed by atoms with Gasteiger partial charge in [-0.3, -0.25) is 4.79 Å². The first-order valence-electron chi connectivity index (χ1n) is 13.8. The Balaban J connectivity index is 1.33. The average Bonchev–Trinajstić information content (AvgIpc) is 3.60. The van der Waals surface area contributed by atoms with Gasteiger partial charge in [-0.25, -0.2) is 4.79 Å². The van der Waals surface area contributed by atoms with Crippen LogP contribution in [-0.2, 0) is 28.5 Å². The van der Waals surface area contributed by atoms with Crippen LogP contribution >= 0.6 is 0 Å². The van der Waals surface area contributed by atoms with Gasteiger partial charge >= 0.3 is 6.09 Å². The fourth-order valence-corrected chi connectivity index (χ4v) is 4.76. The van der Waals surface area contributed by atoms with Crippen LogP contribution in [0.1, 0.15) is 66.7 Å². The number of ether oxygens (including phenoxy) is 5. The molecular weight excluding hydrogens is 488 g/mol. The van der Waals surface area contributed by atoms with Gasteiger partial charge in [0.05, 0.1) is 43.2 Å². The van der Waals surface area contributed by atoms with Crippen LogP contribution < -0.4 is 5.32 Å². The summed E-state index contributed by atoms with van der Waals surface area (Å²) in [4.78, 5) is 25.8. The van der Waals surface area contributed by atoms with Gasteiger partial charge in [0.15, 0.2) is 6.29 Å². The van der Waals surface area contributed by atoms with Gasteiger partial charge in [-0.2, -0.15) is 0 Å². The number of rotatable bonds is 11. The van der Waals surface area contributed by atoms with E-state index in [1.54, 1.807) is 20.0 Å². The Morgan fingerprint density at radius 1 is 1.21 bits per heavy atom. The van der Waals surface area contributed by atoms with E-state index in [4.69, 9.17) is 23.7 Å². The van der Waals surface area contributed by atoms with E-state index in [-0.39, 0.29) is 35.5 Å². The van der Waals surface area contributed by atoms with Gasteiger partial charge in [0, 0.05) is 38.9 Å². The first kappa shape index (κ1) is 30.3. The Labute approximate surface area is 227 Å². The van der Waals surface area contributed by atoms with Crippen LogP contribution in [0.5, 0.6) is 0 Å². The number of carbonyl (C=O) groups is 2. The molecule has 3 fully saturated rings. The van der Waals surface area contributed by atoms with E-state index >= 15 is 0 Å². The molecule has 38 heavy (non-hydrogen) atoms. The molecule has 3 aliphatic rings. The summed E-state index contributed by atoms with van der Waals surface area (Å²) < 4.78 is 28.8. The Hall–Kier alpha value is -2.20. The molecule has 9 nitrogen and oxygen atoms in total. The molecule has 1 spiro atoms. The van der Waals surface area contributed by atoms with Crippen LogP contribution in [0.4, 0.5) is 4.79 Å². The van der Waals surface area contributed by atoms with Crippen molar-refractivity contribution in [2.24, 2.45) is 0 Å². The van der Waals surface area contributed by atoms with Crippen LogP contribution in [0.15, 0.2) is 36.0 Å². The highest BCUT2D eigenvalue weighted by molar-refractivity contribution is 5.87. The molecule has 0 saturated carbocycles. The van der Waals surface area contributed by atoms with Gasteiger partial charge in [0.2, 0.25) is 5.91 Å². The first-order chi connectivity index (χ1) is 18.0. The average molecular weight is 535 g/mol. The molecule has 0 bridgehead atoms. The number of amides is 2. The summed E-state index contributed by atoms with van der Waals surface area (Å²) in [5.74, 6) is -0.282. The Kier molecular flexibility index (Phi) is 11.0. The minimum Gasteiger partial charge on any atom is -0.442 e. The van der Waals surface area contributed by atoms with Gasteiger partial charge in [0.25, 0.3) is 0 Å². The standard InChI is InChI=1S/C29H46N2O7/c1-7-8-15-31(6)27(33)37-22(3)11-13-25(32)30-23-17-34-26(35-18-23)14-10-21(2)9-12-24-16-29(20-36-29)19-28(4,5)38-24/h9-13,22-24,26H,7-8,14-20H2,1-6H3,(H,30,32)/b12-9+,13-11-,21-10+/t22-,23-,24+,26+,29+/m0/s1. The zero-order chi connectivity index (χ0) is 27.8. The number of epoxide rings is 1. The lowest BCUT2D eigenvalue weighted by Gasteiger charge is -2.38. The van der Waals surface area contributed by atoms with E-state index in [0.29, 0.717) is 26.2 Å². The molecule has 0 aromatic rings. The topological polar surface area (TPSA) is 98.9 Å². The SMILES string of the molecule is CCCCN(C)C(=O)O[C@@H](C)/C=C\C(=O)N[C@H]1CO[C@@H](C/C=C(C)/C=C/[C@@H]2C[C@]3(CO3)CC(C)(C)O2)OC1. The summed E-state index contributed by atoms with van der Waals surface area (Å²) in [6, 6.07) is -0.241. The van der Waals surface area contributed by atoms with Gasteiger partial charge in [-0.05, 0) is 40.2 Å². The molecule has 3 heterocycles. The van der Waals surface area contributed by atoms with Crippen molar-refractivity contribution in [2.75, 3.05) is 33.4 Å². The maximum absolute atomic E-state index is 12.3. The normalized spacial score (nSPS) is 29.9. The molecule has 1 N–H and O–H groups in total. The van der Waals surface area contributed by atoms with Crippen molar-refractivity contribution < 1.29 is 33.3 Å². The summed E-state index contributed by atoms with van der Waals surface area (Å²) in [6.45, 7) is 12.3. The maximum Gasteiger partial charge on any atom is 0.410 e. The highest BCUT2D eigenvalue weighted by Crippen LogP contribution is 2.46. The third kappa shape index (κ3) is 10.2. The minimum atomic E-state index is -0.510. The second-order valence-electron chi connectivity index (χ2n) is 11.3. The molecular formula is C29H46N2O7. The van der Waals surface area contributed by atoms with Crippen LogP contribution in [0.25, 0.3) is 0 Å². The predicted molar refractivity (Wildman–Crippen MR) is 145 cm³/mol. The van der Waals surface area contributed by atoms with Gasteiger partial charge in [-0.15, -0.1) is 0 Å². The zero-order valence-electron chi connectivity index (χ0n) is 23.9. The smallest absolute Gasteiger partial charge is 0.410 e. The molecule has 3 rings (SSSR count). The summed E-state index contributed by atoms with van der Waals surface area (Å²) >= 11 is 0. The molecule has 0 aromatic carbocycles. The number of allylic oxidation sites excluding steroid dienone is 2. The van der Waals surface area contributed by atoms with E-state index in [1.165, 1.54) is 11.0 Å². The predicted octanol–water partition coefficient (Wildman–Crippen LogP) is 4.28. The number of nitrogens with one attached hydrogen (secondary N) is 1. The van der Waals surface area contributed by atoms with Crippen LogP contribution in [0, 0.1) is 0 Å². The van der Waals surface area contributed by atoms with Crippen molar-refractivity contribution in [2.45, 2.75) is 102 Å². The van der Waals surface area contributed by atoms with E-state index in [9.17, 15) is 9.59 Å². The highest BCUT2D eigenvalue weighted by atomic mass is 16.7. The largest absolute Gasteiger partial charge is 0.442 e. The monoisotopic (exact) mass is 534 g/mol. The molecule has 3 saturated heterocycles. The van der Waals surface area contributed by atoms with Crippen LogP contribution in [0.3, 0.4) is 0 Å². The number of hydrogen-bond donors (Lipinski definition) is 1. The van der Waals surface area contributed by atoms with E-state index in [1.807, 2.05) is 6.92 Å². The van der Waals surface area contributed by atoms with Crippen molar-refractivity contribution in [1.29, 1.82) is 0 Å². The molecule has 0 unspecified atom stereocenters. The summed E-state index contributed by atoms with van der Waals surface area (Å²) in [5.41, 5.74) is 0.945. The van der Waals surface area contributed by atoms with Gasteiger partial charge in [0.1, 0.15) is 6.10 Å². The third-order valence-corrected chi connectivity index (χ3v) is 6.83. The lowest BCUT2D eigenvalue weighted by molar-refractivity contribution is -0.187. The molecule has 3 atom stereocenters. The van der Waals surface area contributed by atoms with Gasteiger partial charge < -0.3 is 33.9 Å². The van der Waals surface area contributed by atoms with E-state index < -0.39 is 12.2 Å². The Bertz CT molecular complexity index is 879. The second kappa shape index (κ2) is 13.7. The molecule has 3 aliphatic heterocycles. The highest BCUT2D eigenvalue weighted by Gasteiger charge is 2.53. The number of unbranched alkanes of at least 4 members (excludes halogenated alkanes) is 1. The number of hydrogen-bond acceptors (Lipinski definition) is 7. The fourth-order valence-electron chi connectivity index (χ4n) is 4.76. The van der Waals surface area contributed by atoms with Crippen molar-refractivity contribution >= 4 is 12.0 Å². The summed E-state index contributed by atoms with van der Waals surface area (Å²) in [5, 5.41) is 2.86. The number of carbonyl (C=O) groups excluding carboxylic acids is 2. The second-order valence-corrected chi connectivity index (χ2v) is 11.3. The lowest BCUT2D eigenvalue weighted by atomic mass is 9.85. The summed E-state index contributed by atoms with van der Waals surface area (Å²) in [7, 11) is 1.71. The van der Waals surface area contributed by atoms with Crippen molar-refractivity contribution in [3.8, 4) is 0 Å². The number of nitrogens with zero attached hydrogens (tertiary/aromatic N) is 1. The Morgan fingerprint density at radius 3 is 2.58 bits per heavy atom. The molecule has 9 heteroatoms. The third-order valence-electron chi connectivity index (χ3n) is 6.83. The first-order valence-corrected chi connectivity index (χ1v) is 13.8. The van der Waals surface area contributed by atoms with Crippen molar-refractivity contribution in [3.05, 3.63) is 36.0 Å². The van der Waals surface area contributed by atoms with E-state index in [2.05, 4.69) is 44.3 Å². The lowest BCUT2D eigenvalue weighted by Crippen LogP contribution is -2.46. The van der Waals surface area contributed by atoms with E-state index in [0.717, 1.165) is 37.9 Å². The van der Waals surface area contributed by atoms with Crippen LogP contribution in [0.2, 0.25) is 0 Å². The van der Waals surface area contributed by atoms with Gasteiger partial charge in [-0.1, -0.05) is 37.1 Å². The maximum atomic E-state index is 12.3.